The average Bonchev–Trinajstić information content (AvgIpc) is 2.92. The highest BCUT2D eigenvalue weighted by molar-refractivity contribution is 6.03. The van der Waals surface area contributed by atoms with Crippen molar-refractivity contribution in [2.24, 2.45) is 0 Å². The first-order valence-corrected chi connectivity index (χ1v) is 12.0. The first-order valence-electron chi connectivity index (χ1n) is 12.0. The van der Waals surface area contributed by atoms with Gasteiger partial charge in [-0.2, -0.15) is 13.2 Å². The zero-order valence-electron chi connectivity index (χ0n) is 21.2. The van der Waals surface area contributed by atoms with Crippen molar-refractivity contribution in [2.75, 3.05) is 0 Å². The molecule has 4 aromatic carbocycles. The highest BCUT2D eigenvalue weighted by atomic mass is 19.4. The lowest BCUT2D eigenvalue weighted by Crippen LogP contribution is -2.38. The van der Waals surface area contributed by atoms with Gasteiger partial charge >= 0.3 is 18.5 Å². The maximum atomic E-state index is 13.0. The van der Waals surface area contributed by atoms with Crippen LogP contribution in [0, 0.1) is 0 Å². The largest absolute Gasteiger partial charge is 0.573 e. The minimum Gasteiger partial charge on any atom is -0.480 e. The molecule has 0 bridgehead atoms. The fourth-order valence-electron chi connectivity index (χ4n) is 4.04. The molecule has 11 heteroatoms. The average molecular weight is 573 g/mol. The molecule has 0 aliphatic carbocycles. The first kappa shape index (κ1) is 29.2. The van der Waals surface area contributed by atoms with E-state index in [0.29, 0.717) is 33.4 Å². The highest BCUT2D eigenvalue weighted by Crippen LogP contribution is 2.34. The van der Waals surface area contributed by atoms with Crippen LogP contribution in [0.15, 0.2) is 91.0 Å². The number of carbonyl (C=O) groups excluding carboxylic acids is 1. The van der Waals surface area contributed by atoms with Gasteiger partial charge in [-0.1, -0.05) is 54.6 Å². The zero-order valence-corrected chi connectivity index (χ0v) is 21.2. The van der Waals surface area contributed by atoms with Gasteiger partial charge < -0.3 is 15.2 Å². The molecule has 0 aromatic heterocycles. The zero-order chi connectivity index (χ0) is 29.9. The standard InChI is InChI=1S/C30H21F6NO4/c1-17(28(39)40)37-27(38)25-15-10-22(20-6-11-23(12-7-20)29(31,32)33)16-26(25)21-4-2-18(3-5-21)19-8-13-24(14-9-19)41-30(34,35)36/h2-17H,1H3,(H,37,38)(H,39,40). The van der Waals surface area contributed by atoms with Gasteiger partial charge in [0.1, 0.15) is 11.8 Å². The number of rotatable bonds is 7. The SMILES string of the molecule is CC(NC(=O)c1ccc(-c2ccc(C(F)(F)F)cc2)cc1-c1ccc(-c2ccc(OC(F)(F)F)cc2)cc1)C(=O)O. The molecule has 1 atom stereocenters. The fourth-order valence-corrected chi connectivity index (χ4v) is 4.04. The molecule has 5 nitrogen and oxygen atoms in total. The number of ether oxygens (including phenoxy) is 1. The Balaban J connectivity index is 1.70. The molecule has 1 unspecified atom stereocenters. The summed E-state index contributed by atoms with van der Waals surface area (Å²) in [7, 11) is 0. The third kappa shape index (κ3) is 7.24. The van der Waals surface area contributed by atoms with Crippen LogP contribution in [-0.2, 0) is 11.0 Å². The number of amides is 1. The van der Waals surface area contributed by atoms with Crippen LogP contribution in [0.1, 0.15) is 22.8 Å². The molecule has 0 fully saturated rings. The van der Waals surface area contributed by atoms with Gasteiger partial charge in [-0.25, -0.2) is 0 Å². The number of benzene rings is 4. The van der Waals surface area contributed by atoms with E-state index in [1.807, 2.05) is 0 Å². The number of nitrogens with one attached hydrogen (secondary N) is 1. The normalized spacial score (nSPS) is 12.5. The summed E-state index contributed by atoms with van der Waals surface area (Å²) in [6.45, 7) is 1.30. The second-order valence-electron chi connectivity index (χ2n) is 9.02. The van der Waals surface area contributed by atoms with Gasteiger partial charge in [-0.05, 0) is 76.7 Å². The second-order valence-corrected chi connectivity index (χ2v) is 9.02. The molecule has 0 saturated carbocycles. The van der Waals surface area contributed by atoms with Crippen LogP contribution in [0.2, 0.25) is 0 Å². The number of hydrogen-bond acceptors (Lipinski definition) is 3. The van der Waals surface area contributed by atoms with E-state index in [1.54, 1.807) is 36.4 Å². The number of alkyl halides is 6. The Morgan fingerprint density at radius 1 is 0.707 bits per heavy atom. The lowest BCUT2D eigenvalue weighted by molar-refractivity contribution is -0.274. The van der Waals surface area contributed by atoms with Crippen LogP contribution >= 0.6 is 0 Å². The number of carbonyl (C=O) groups is 2. The van der Waals surface area contributed by atoms with Crippen LogP contribution in [0.4, 0.5) is 26.3 Å². The van der Waals surface area contributed by atoms with Crippen molar-refractivity contribution in [1.29, 1.82) is 0 Å². The van der Waals surface area contributed by atoms with E-state index >= 15 is 0 Å². The molecule has 4 rings (SSSR count). The van der Waals surface area contributed by atoms with Crippen molar-refractivity contribution in [1.82, 2.24) is 5.32 Å². The fraction of sp³-hybridized carbons (Fsp3) is 0.133. The summed E-state index contributed by atoms with van der Waals surface area (Å²) in [4.78, 5) is 24.2. The molecule has 0 saturated heterocycles. The van der Waals surface area contributed by atoms with E-state index in [1.165, 1.54) is 49.4 Å². The Morgan fingerprint density at radius 3 is 1.68 bits per heavy atom. The van der Waals surface area contributed by atoms with Gasteiger partial charge in [-0.15, -0.1) is 13.2 Å². The van der Waals surface area contributed by atoms with E-state index in [-0.39, 0.29) is 11.3 Å². The minimum absolute atomic E-state index is 0.134. The minimum atomic E-state index is -4.82. The summed E-state index contributed by atoms with van der Waals surface area (Å²) in [6.07, 6.45) is -9.32. The molecule has 2 N–H and O–H groups in total. The van der Waals surface area contributed by atoms with Gasteiger partial charge in [0.15, 0.2) is 0 Å². The number of halogens is 6. The number of aliphatic carboxylic acids is 1. The summed E-state index contributed by atoms with van der Waals surface area (Å²) in [6, 6.07) is 19.9. The summed E-state index contributed by atoms with van der Waals surface area (Å²) in [5, 5.41) is 11.6. The van der Waals surface area contributed by atoms with Gasteiger partial charge in [0.25, 0.3) is 5.91 Å². The van der Waals surface area contributed by atoms with Gasteiger partial charge in [0, 0.05) is 5.56 Å². The number of hydrogen-bond donors (Lipinski definition) is 2. The molecule has 4 aromatic rings. The van der Waals surface area contributed by atoms with Gasteiger partial charge in [0.2, 0.25) is 0 Å². The van der Waals surface area contributed by atoms with Crippen molar-refractivity contribution in [3.05, 3.63) is 102 Å². The van der Waals surface area contributed by atoms with Crippen LogP contribution in [0.5, 0.6) is 5.75 Å². The van der Waals surface area contributed by atoms with E-state index < -0.39 is 36.0 Å². The predicted molar refractivity (Wildman–Crippen MR) is 139 cm³/mol. The van der Waals surface area contributed by atoms with Crippen molar-refractivity contribution in [3.8, 4) is 39.1 Å². The molecule has 1 amide bonds. The molecular formula is C30H21F6NO4. The van der Waals surface area contributed by atoms with Crippen molar-refractivity contribution in [2.45, 2.75) is 25.5 Å². The van der Waals surface area contributed by atoms with Crippen LogP contribution in [0.25, 0.3) is 33.4 Å². The monoisotopic (exact) mass is 573 g/mol. The van der Waals surface area contributed by atoms with Crippen molar-refractivity contribution >= 4 is 11.9 Å². The smallest absolute Gasteiger partial charge is 0.480 e. The van der Waals surface area contributed by atoms with E-state index in [9.17, 15) is 41.0 Å². The van der Waals surface area contributed by atoms with Crippen LogP contribution in [0.3, 0.4) is 0 Å². The van der Waals surface area contributed by atoms with Gasteiger partial charge in [0.05, 0.1) is 5.56 Å². The Kier molecular flexibility index (Phi) is 8.09. The second kappa shape index (κ2) is 11.4. The Labute approximate surface area is 230 Å². The molecule has 212 valence electrons. The van der Waals surface area contributed by atoms with E-state index in [2.05, 4.69) is 10.1 Å². The number of carboxylic acid groups (broad SMARTS) is 1. The molecule has 0 aliphatic rings. The molecule has 0 aliphatic heterocycles. The lowest BCUT2D eigenvalue weighted by Gasteiger charge is -2.15. The first-order chi connectivity index (χ1) is 19.2. The lowest BCUT2D eigenvalue weighted by atomic mass is 9.92. The quantitative estimate of drug-likeness (QED) is 0.221. The third-order valence-electron chi connectivity index (χ3n) is 6.14. The third-order valence-corrected chi connectivity index (χ3v) is 6.14. The number of carboxylic acids is 1. The van der Waals surface area contributed by atoms with Crippen LogP contribution in [-0.4, -0.2) is 29.4 Å². The summed E-state index contributed by atoms with van der Waals surface area (Å²) in [5.74, 6) is -2.28. The topological polar surface area (TPSA) is 75.6 Å². The maximum absolute atomic E-state index is 13.0. The summed E-state index contributed by atoms with van der Waals surface area (Å²) in [5.41, 5.74) is 2.47. The van der Waals surface area contributed by atoms with Crippen molar-refractivity contribution in [3.63, 3.8) is 0 Å². The Hall–Kier alpha value is -4.80. The Morgan fingerprint density at radius 2 is 1.17 bits per heavy atom. The maximum Gasteiger partial charge on any atom is 0.573 e. The molecular weight excluding hydrogens is 552 g/mol. The Bertz CT molecular complexity index is 1540. The molecule has 0 radical (unpaired) electrons. The predicted octanol–water partition coefficient (Wildman–Crippen LogP) is 7.81. The van der Waals surface area contributed by atoms with Gasteiger partial charge in [-0.3, -0.25) is 9.59 Å². The summed E-state index contributed by atoms with van der Waals surface area (Å²) < 4.78 is 80.3. The van der Waals surface area contributed by atoms with E-state index in [0.717, 1.165) is 12.1 Å². The van der Waals surface area contributed by atoms with E-state index in [4.69, 9.17) is 0 Å². The highest BCUT2D eigenvalue weighted by Gasteiger charge is 2.31. The van der Waals surface area contributed by atoms with Crippen LogP contribution < -0.4 is 10.1 Å². The molecule has 0 spiro atoms. The molecule has 0 heterocycles. The molecule has 41 heavy (non-hydrogen) atoms. The summed E-state index contributed by atoms with van der Waals surface area (Å²) >= 11 is 0. The van der Waals surface area contributed by atoms with Crippen molar-refractivity contribution < 1.29 is 45.8 Å².